The molecule has 2 heterocycles. The Morgan fingerprint density at radius 3 is 2.94 bits per heavy atom. The molecule has 0 aromatic carbocycles. The summed E-state index contributed by atoms with van der Waals surface area (Å²) in [7, 11) is 0. The minimum Gasteiger partial charge on any atom is -0.365 e. The second kappa shape index (κ2) is 5.38. The summed E-state index contributed by atoms with van der Waals surface area (Å²) < 4.78 is 1.99. The standard InChI is InChI=1S/C11H12Cl2N4/c1-8(6-17-3-2-14-7-17)16-11-10(13)4-9(12)5-15-11/h2-5,7-8H,6H2,1H3,(H,15,16). The van der Waals surface area contributed by atoms with Gasteiger partial charge in [-0.3, -0.25) is 0 Å². The maximum absolute atomic E-state index is 6.03. The molecule has 0 radical (unpaired) electrons. The molecule has 0 amide bonds. The number of pyridine rings is 1. The summed E-state index contributed by atoms with van der Waals surface area (Å²) in [6, 6.07) is 1.86. The van der Waals surface area contributed by atoms with Crippen LogP contribution in [0.3, 0.4) is 0 Å². The van der Waals surface area contributed by atoms with Crippen LogP contribution in [-0.2, 0) is 6.54 Å². The highest BCUT2D eigenvalue weighted by atomic mass is 35.5. The van der Waals surface area contributed by atoms with Gasteiger partial charge in [0.1, 0.15) is 5.82 Å². The fourth-order valence-corrected chi connectivity index (χ4v) is 1.95. The van der Waals surface area contributed by atoms with Gasteiger partial charge in [0.2, 0.25) is 0 Å². The Kier molecular flexibility index (Phi) is 3.86. The highest BCUT2D eigenvalue weighted by molar-refractivity contribution is 6.35. The zero-order valence-corrected chi connectivity index (χ0v) is 10.8. The van der Waals surface area contributed by atoms with E-state index in [2.05, 4.69) is 15.3 Å². The highest BCUT2D eigenvalue weighted by Gasteiger charge is 2.07. The number of nitrogens with one attached hydrogen (secondary N) is 1. The van der Waals surface area contributed by atoms with Crippen LogP contribution >= 0.6 is 23.2 Å². The number of imidazole rings is 1. The van der Waals surface area contributed by atoms with Crippen LogP contribution in [0.2, 0.25) is 10.0 Å². The molecule has 2 aromatic rings. The second-order valence-corrected chi connectivity index (χ2v) is 4.63. The zero-order chi connectivity index (χ0) is 12.3. The van der Waals surface area contributed by atoms with Gasteiger partial charge in [-0.15, -0.1) is 0 Å². The monoisotopic (exact) mass is 270 g/mol. The molecule has 0 saturated heterocycles. The molecule has 1 N–H and O–H groups in total. The van der Waals surface area contributed by atoms with E-state index < -0.39 is 0 Å². The van der Waals surface area contributed by atoms with E-state index in [0.29, 0.717) is 15.9 Å². The van der Waals surface area contributed by atoms with Crippen molar-refractivity contribution in [3.05, 3.63) is 41.0 Å². The van der Waals surface area contributed by atoms with E-state index in [4.69, 9.17) is 23.2 Å². The van der Waals surface area contributed by atoms with E-state index in [0.717, 1.165) is 6.54 Å². The highest BCUT2D eigenvalue weighted by Crippen LogP contribution is 2.23. The molecule has 1 unspecified atom stereocenters. The number of hydrogen-bond donors (Lipinski definition) is 1. The van der Waals surface area contributed by atoms with Gasteiger partial charge in [0.25, 0.3) is 0 Å². The lowest BCUT2D eigenvalue weighted by molar-refractivity contribution is 0.617. The molecular formula is C11H12Cl2N4. The fourth-order valence-electron chi connectivity index (χ4n) is 1.51. The molecule has 1 atom stereocenters. The Balaban J connectivity index is 2.00. The quantitative estimate of drug-likeness (QED) is 0.929. The van der Waals surface area contributed by atoms with Gasteiger partial charge >= 0.3 is 0 Å². The van der Waals surface area contributed by atoms with Gasteiger partial charge < -0.3 is 9.88 Å². The number of hydrogen-bond acceptors (Lipinski definition) is 3. The SMILES string of the molecule is CC(Cn1ccnc1)Nc1ncc(Cl)cc1Cl. The van der Waals surface area contributed by atoms with Crippen molar-refractivity contribution in [2.24, 2.45) is 0 Å². The average molecular weight is 271 g/mol. The number of halogens is 2. The van der Waals surface area contributed by atoms with Crippen LogP contribution in [0.25, 0.3) is 0 Å². The van der Waals surface area contributed by atoms with Crippen LogP contribution in [-0.4, -0.2) is 20.6 Å². The molecule has 17 heavy (non-hydrogen) atoms. The lowest BCUT2D eigenvalue weighted by atomic mass is 10.3. The van der Waals surface area contributed by atoms with Crippen molar-refractivity contribution in [1.29, 1.82) is 0 Å². The van der Waals surface area contributed by atoms with Crippen LogP contribution in [0, 0.1) is 0 Å². The van der Waals surface area contributed by atoms with Gasteiger partial charge in [0, 0.05) is 31.2 Å². The molecule has 0 aliphatic heterocycles. The Hall–Kier alpha value is -1.26. The van der Waals surface area contributed by atoms with E-state index >= 15 is 0 Å². The fraction of sp³-hybridized carbons (Fsp3) is 0.273. The summed E-state index contributed by atoms with van der Waals surface area (Å²) in [6.45, 7) is 2.84. The minimum absolute atomic E-state index is 0.190. The Morgan fingerprint density at radius 2 is 2.29 bits per heavy atom. The largest absolute Gasteiger partial charge is 0.365 e. The molecule has 90 valence electrons. The maximum atomic E-state index is 6.03. The third-order valence-corrected chi connectivity index (χ3v) is 2.73. The van der Waals surface area contributed by atoms with Gasteiger partial charge in [-0.1, -0.05) is 23.2 Å². The molecule has 6 heteroatoms. The van der Waals surface area contributed by atoms with Crippen LogP contribution in [0.5, 0.6) is 0 Å². The lowest BCUT2D eigenvalue weighted by Crippen LogP contribution is -2.22. The topological polar surface area (TPSA) is 42.7 Å². The summed E-state index contributed by atoms with van der Waals surface area (Å²) in [6.07, 6.45) is 7.00. The van der Waals surface area contributed by atoms with Gasteiger partial charge in [-0.2, -0.15) is 0 Å². The van der Waals surface area contributed by atoms with Gasteiger partial charge in [0.15, 0.2) is 0 Å². The van der Waals surface area contributed by atoms with Crippen LogP contribution < -0.4 is 5.32 Å². The predicted molar refractivity (Wildman–Crippen MR) is 69.6 cm³/mol. The van der Waals surface area contributed by atoms with Crippen molar-refractivity contribution >= 4 is 29.0 Å². The maximum Gasteiger partial charge on any atom is 0.145 e. The van der Waals surface area contributed by atoms with E-state index in [1.807, 2.05) is 17.7 Å². The molecule has 0 bridgehead atoms. The van der Waals surface area contributed by atoms with Crippen molar-refractivity contribution in [2.75, 3.05) is 5.32 Å². The van der Waals surface area contributed by atoms with Crippen molar-refractivity contribution in [3.63, 3.8) is 0 Å². The second-order valence-electron chi connectivity index (χ2n) is 3.79. The van der Waals surface area contributed by atoms with Gasteiger partial charge in [0.05, 0.1) is 16.4 Å². The van der Waals surface area contributed by atoms with Crippen LogP contribution in [0.15, 0.2) is 31.0 Å². The Bertz CT molecular complexity index is 484. The lowest BCUT2D eigenvalue weighted by Gasteiger charge is -2.15. The van der Waals surface area contributed by atoms with Gasteiger partial charge in [-0.05, 0) is 13.0 Å². The molecule has 0 spiro atoms. The summed E-state index contributed by atoms with van der Waals surface area (Å²) in [5.74, 6) is 0.642. The zero-order valence-electron chi connectivity index (χ0n) is 9.27. The molecule has 4 nitrogen and oxygen atoms in total. The molecule has 0 saturated carbocycles. The summed E-state index contributed by atoms with van der Waals surface area (Å²) in [4.78, 5) is 8.13. The summed E-state index contributed by atoms with van der Waals surface area (Å²) >= 11 is 11.8. The molecule has 0 fully saturated rings. The summed E-state index contributed by atoms with van der Waals surface area (Å²) in [5.41, 5.74) is 0. The van der Waals surface area contributed by atoms with E-state index in [1.54, 1.807) is 24.8 Å². The summed E-state index contributed by atoms with van der Waals surface area (Å²) in [5, 5.41) is 4.28. The van der Waals surface area contributed by atoms with Crippen molar-refractivity contribution in [1.82, 2.24) is 14.5 Å². The van der Waals surface area contributed by atoms with Crippen LogP contribution in [0.4, 0.5) is 5.82 Å². The van der Waals surface area contributed by atoms with E-state index in [1.165, 1.54) is 0 Å². The molecular weight excluding hydrogens is 259 g/mol. The first-order valence-electron chi connectivity index (χ1n) is 5.18. The molecule has 2 aromatic heterocycles. The van der Waals surface area contributed by atoms with E-state index in [-0.39, 0.29) is 6.04 Å². The third kappa shape index (κ3) is 3.35. The van der Waals surface area contributed by atoms with Gasteiger partial charge in [-0.25, -0.2) is 9.97 Å². The third-order valence-electron chi connectivity index (χ3n) is 2.23. The number of rotatable bonds is 4. The van der Waals surface area contributed by atoms with Crippen molar-refractivity contribution in [3.8, 4) is 0 Å². The van der Waals surface area contributed by atoms with Crippen molar-refractivity contribution in [2.45, 2.75) is 19.5 Å². The molecule has 0 aliphatic carbocycles. The first kappa shape index (κ1) is 12.2. The number of aromatic nitrogens is 3. The number of anilines is 1. The number of nitrogens with zero attached hydrogens (tertiary/aromatic N) is 3. The van der Waals surface area contributed by atoms with Crippen molar-refractivity contribution < 1.29 is 0 Å². The van der Waals surface area contributed by atoms with Crippen LogP contribution in [0.1, 0.15) is 6.92 Å². The average Bonchev–Trinajstić information content (AvgIpc) is 2.75. The van der Waals surface area contributed by atoms with E-state index in [9.17, 15) is 0 Å². The smallest absolute Gasteiger partial charge is 0.145 e. The Morgan fingerprint density at radius 1 is 1.47 bits per heavy atom. The first-order valence-corrected chi connectivity index (χ1v) is 5.94. The first-order chi connectivity index (χ1) is 8.15. The minimum atomic E-state index is 0.190. The molecule has 0 aliphatic rings. The molecule has 2 rings (SSSR count). The predicted octanol–water partition coefficient (Wildman–Crippen LogP) is 3.09. The Labute approximate surface area is 110 Å². The normalized spacial score (nSPS) is 12.4.